The average Bonchev–Trinajstić information content (AvgIpc) is 3.29. The number of carbonyl (C=O) groups excluding carboxylic acids is 2. The molecule has 142 valence electrons. The van der Waals surface area contributed by atoms with Crippen molar-refractivity contribution in [1.29, 1.82) is 0 Å². The Kier molecular flexibility index (Phi) is 5.25. The maximum Gasteiger partial charge on any atom is 0.339 e. The molecule has 27 heavy (non-hydrogen) atoms. The Labute approximate surface area is 155 Å². The van der Waals surface area contributed by atoms with Gasteiger partial charge >= 0.3 is 5.97 Å². The summed E-state index contributed by atoms with van der Waals surface area (Å²) in [5.74, 6) is -0.263. The molecule has 1 N–H and O–H groups in total. The van der Waals surface area contributed by atoms with E-state index in [1.165, 1.54) is 6.26 Å². The van der Waals surface area contributed by atoms with Crippen LogP contribution in [0.15, 0.2) is 33.4 Å². The van der Waals surface area contributed by atoms with E-state index in [0.29, 0.717) is 22.5 Å². The van der Waals surface area contributed by atoms with E-state index >= 15 is 0 Å². The van der Waals surface area contributed by atoms with Gasteiger partial charge in [0.1, 0.15) is 5.69 Å². The van der Waals surface area contributed by atoms with Gasteiger partial charge in [0, 0.05) is 6.04 Å². The summed E-state index contributed by atoms with van der Waals surface area (Å²) in [7, 11) is 0. The van der Waals surface area contributed by atoms with Crippen LogP contribution in [0.1, 0.15) is 36.8 Å². The second-order valence-corrected chi connectivity index (χ2v) is 6.66. The van der Waals surface area contributed by atoms with Crippen LogP contribution in [0, 0.1) is 12.8 Å². The zero-order chi connectivity index (χ0) is 19.6. The molecule has 3 aromatic rings. The third-order valence-electron chi connectivity index (χ3n) is 4.33. The number of hydrogen-bond acceptors (Lipinski definition) is 7. The smallest absolute Gasteiger partial charge is 0.339 e. The van der Waals surface area contributed by atoms with Crippen LogP contribution in [0.2, 0.25) is 0 Å². The van der Waals surface area contributed by atoms with Crippen molar-refractivity contribution in [3.8, 4) is 11.5 Å². The van der Waals surface area contributed by atoms with Crippen molar-refractivity contribution < 1.29 is 23.3 Å². The molecule has 3 heterocycles. The van der Waals surface area contributed by atoms with E-state index in [1.54, 1.807) is 25.1 Å². The zero-order valence-electron chi connectivity index (χ0n) is 15.6. The number of aryl methyl sites for hydroxylation is 1. The number of amides is 1. The highest BCUT2D eigenvalue weighted by Crippen LogP contribution is 2.27. The third-order valence-corrected chi connectivity index (χ3v) is 4.33. The molecule has 1 unspecified atom stereocenters. The number of esters is 1. The highest BCUT2D eigenvalue weighted by Gasteiger charge is 2.22. The van der Waals surface area contributed by atoms with Gasteiger partial charge in [0.15, 0.2) is 12.4 Å². The number of pyridine rings is 1. The molecule has 0 aliphatic heterocycles. The lowest BCUT2D eigenvalue weighted by Crippen LogP contribution is -2.38. The highest BCUT2D eigenvalue weighted by atomic mass is 16.5. The van der Waals surface area contributed by atoms with Crippen molar-refractivity contribution >= 4 is 23.0 Å². The molecule has 8 nitrogen and oxygen atoms in total. The van der Waals surface area contributed by atoms with Crippen LogP contribution < -0.4 is 5.32 Å². The molecule has 0 fully saturated rings. The van der Waals surface area contributed by atoms with Gasteiger partial charge in [-0.2, -0.15) is 0 Å². The van der Waals surface area contributed by atoms with E-state index in [1.807, 2.05) is 20.8 Å². The first kappa shape index (κ1) is 18.6. The van der Waals surface area contributed by atoms with Gasteiger partial charge in [-0.15, -0.1) is 0 Å². The van der Waals surface area contributed by atoms with Gasteiger partial charge in [-0.1, -0.05) is 19.0 Å². The van der Waals surface area contributed by atoms with Gasteiger partial charge in [-0.25, -0.2) is 9.78 Å². The van der Waals surface area contributed by atoms with Crippen LogP contribution >= 0.6 is 0 Å². The standard InChI is InChI=1S/C19H21N3O5/c1-10(2)11(3)20-16(23)9-26-19(24)13-8-14(15-6-5-7-25-15)21-18-17(13)12(4)22-27-18/h5-8,10-11H,9H2,1-4H3,(H,20,23). The fourth-order valence-electron chi connectivity index (χ4n) is 2.48. The molecule has 0 aromatic carbocycles. The summed E-state index contributed by atoms with van der Waals surface area (Å²) in [6.07, 6.45) is 1.51. The van der Waals surface area contributed by atoms with E-state index in [4.69, 9.17) is 13.7 Å². The number of rotatable bonds is 6. The minimum Gasteiger partial charge on any atom is -0.463 e. The van der Waals surface area contributed by atoms with Gasteiger partial charge < -0.3 is 19.0 Å². The average molecular weight is 371 g/mol. The maximum atomic E-state index is 12.6. The zero-order valence-corrected chi connectivity index (χ0v) is 15.6. The fourth-order valence-corrected chi connectivity index (χ4v) is 2.48. The Morgan fingerprint density at radius 2 is 2.07 bits per heavy atom. The maximum absolute atomic E-state index is 12.6. The predicted molar refractivity (Wildman–Crippen MR) is 97.0 cm³/mol. The molecule has 0 aliphatic carbocycles. The summed E-state index contributed by atoms with van der Waals surface area (Å²) in [6.45, 7) is 7.21. The second kappa shape index (κ2) is 7.61. The van der Waals surface area contributed by atoms with Gasteiger partial charge in [-0.05, 0) is 38.0 Å². The van der Waals surface area contributed by atoms with E-state index < -0.39 is 5.97 Å². The number of aromatic nitrogens is 2. The number of carbonyl (C=O) groups is 2. The van der Waals surface area contributed by atoms with Crippen molar-refractivity contribution in [1.82, 2.24) is 15.5 Å². The summed E-state index contributed by atoms with van der Waals surface area (Å²) in [6, 6.07) is 4.95. The SMILES string of the molecule is Cc1noc2nc(-c3ccco3)cc(C(=O)OCC(=O)NC(C)C(C)C)c12. The number of ether oxygens (including phenoxy) is 1. The lowest BCUT2D eigenvalue weighted by atomic mass is 10.1. The first-order chi connectivity index (χ1) is 12.9. The molecule has 8 heteroatoms. The van der Waals surface area contributed by atoms with E-state index in [2.05, 4.69) is 15.5 Å². The van der Waals surface area contributed by atoms with Crippen molar-refractivity contribution in [3.63, 3.8) is 0 Å². The topological polar surface area (TPSA) is 107 Å². The number of fused-ring (bicyclic) bond motifs is 1. The minimum absolute atomic E-state index is 0.0188. The van der Waals surface area contributed by atoms with Crippen molar-refractivity contribution in [2.45, 2.75) is 33.7 Å². The lowest BCUT2D eigenvalue weighted by Gasteiger charge is -2.17. The van der Waals surface area contributed by atoms with Crippen LogP contribution in [0.4, 0.5) is 0 Å². The van der Waals surface area contributed by atoms with Gasteiger partial charge in [-0.3, -0.25) is 4.79 Å². The molecule has 0 saturated heterocycles. The van der Waals surface area contributed by atoms with Crippen LogP contribution in [-0.2, 0) is 9.53 Å². The molecule has 0 aliphatic rings. The van der Waals surface area contributed by atoms with Gasteiger partial charge in [0.25, 0.3) is 11.6 Å². The summed E-state index contributed by atoms with van der Waals surface area (Å²) in [5.41, 5.74) is 1.34. The lowest BCUT2D eigenvalue weighted by molar-refractivity contribution is -0.125. The van der Waals surface area contributed by atoms with Crippen LogP contribution in [0.25, 0.3) is 22.6 Å². The Hall–Kier alpha value is -3.16. The monoisotopic (exact) mass is 371 g/mol. The summed E-state index contributed by atoms with van der Waals surface area (Å²) in [5, 5.41) is 7.10. The first-order valence-corrected chi connectivity index (χ1v) is 8.64. The molecule has 1 atom stereocenters. The molecule has 3 aromatic heterocycles. The predicted octanol–water partition coefficient (Wildman–Crippen LogP) is 3.11. The van der Waals surface area contributed by atoms with Crippen LogP contribution in [-0.4, -0.2) is 34.7 Å². The fraction of sp³-hybridized carbons (Fsp3) is 0.368. The Balaban J connectivity index is 1.83. The van der Waals surface area contributed by atoms with Crippen molar-refractivity contribution in [2.75, 3.05) is 6.61 Å². The van der Waals surface area contributed by atoms with Crippen molar-refractivity contribution in [3.05, 3.63) is 35.7 Å². The number of nitrogens with one attached hydrogen (secondary N) is 1. The minimum atomic E-state index is -0.658. The van der Waals surface area contributed by atoms with Crippen LogP contribution in [0.5, 0.6) is 0 Å². The molecule has 3 rings (SSSR count). The molecule has 1 amide bonds. The molecular formula is C19H21N3O5. The quantitative estimate of drug-likeness (QED) is 0.663. The molecule has 0 spiro atoms. The third kappa shape index (κ3) is 3.99. The number of furan rings is 1. The summed E-state index contributed by atoms with van der Waals surface area (Å²) >= 11 is 0. The van der Waals surface area contributed by atoms with E-state index in [9.17, 15) is 9.59 Å². The molecular weight excluding hydrogens is 350 g/mol. The largest absolute Gasteiger partial charge is 0.463 e. The normalized spacial score (nSPS) is 12.3. The molecule has 0 saturated carbocycles. The summed E-state index contributed by atoms with van der Waals surface area (Å²) in [4.78, 5) is 28.9. The molecule has 0 radical (unpaired) electrons. The second-order valence-electron chi connectivity index (χ2n) is 6.66. The van der Waals surface area contributed by atoms with Crippen molar-refractivity contribution in [2.24, 2.45) is 5.92 Å². The Morgan fingerprint density at radius 1 is 1.30 bits per heavy atom. The number of nitrogens with zero attached hydrogens (tertiary/aromatic N) is 2. The first-order valence-electron chi connectivity index (χ1n) is 8.64. The van der Waals surface area contributed by atoms with Gasteiger partial charge in [0.05, 0.1) is 22.9 Å². The summed E-state index contributed by atoms with van der Waals surface area (Å²) < 4.78 is 15.7. The highest BCUT2D eigenvalue weighted by molar-refractivity contribution is 6.04. The molecule has 0 bridgehead atoms. The van der Waals surface area contributed by atoms with Gasteiger partial charge in [0.2, 0.25) is 0 Å². The van der Waals surface area contributed by atoms with Crippen LogP contribution in [0.3, 0.4) is 0 Å². The van der Waals surface area contributed by atoms with E-state index in [-0.39, 0.29) is 35.8 Å². The Bertz CT molecular complexity index is 959. The Morgan fingerprint density at radius 3 is 2.74 bits per heavy atom. The number of hydrogen-bond donors (Lipinski definition) is 1. The van der Waals surface area contributed by atoms with E-state index in [0.717, 1.165) is 0 Å².